The van der Waals surface area contributed by atoms with Crippen molar-refractivity contribution < 1.29 is 18.3 Å². The van der Waals surface area contributed by atoms with Gasteiger partial charge in [-0.05, 0) is 41.8 Å². The minimum absolute atomic E-state index is 0.371. The lowest BCUT2D eigenvalue weighted by Gasteiger charge is -2.38. The van der Waals surface area contributed by atoms with Crippen molar-refractivity contribution in [3.63, 3.8) is 0 Å². The molecule has 0 bridgehead atoms. The number of halogens is 3. The molecule has 0 radical (unpaired) electrons. The molecule has 0 fully saturated rings. The Labute approximate surface area is 157 Å². The van der Waals surface area contributed by atoms with Crippen molar-refractivity contribution in [2.75, 3.05) is 0 Å². The van der Waals surface area contributed by atoms with Crippen LogP contribution in [0.15, 0.2) is 54.6 Å². The summed E-state index contributed by atoms with van der Waals surface area (Å²) in [6.07, 6.45) is -5.69. The van der Waals surface area contributed by atoms with Crippen LogP contribution in [-0.2, 0) is 11.8 Å². The third-order valence-corrected chi connectivity index (χ3v) is 5.16. The zero-order chi connectivity index (χ0) is 19.9. The zero-order valence-corrected chi connectivity index (χ0v) is 15.7. The maximum absolute atomic E-state index is 13.9. The smallest absolute Gasteiger partial charge is 0.380 e. The number of para-hydroxylation sites is 1. The second kappa shape index (κ2) is 6.71. The number of hydrogen-bond donors (Lipinski definition) is 2. The summed E-state index contributed by atoms with van der Waals surface area (Å²) in [7, 11) is 0. The van der Waals surface area contributed by atoms with E-state index in [0.717, 1.165) is 22.0 Å². The molecule has 0 aliphatic rings. The molecule has 0 saturated heterocycles. The summed E-state index contributed by atoms with van der Waals surface area (Å²) >= 11 is 0. The van der Waals surface area contributed by atoms with Gasteiger partial charge in [0.05, 0.1) is 0 Å². The van der Waals surface area contributed by atoms with Gasteiger partial charge < -0.3 is 10.1 Å². The molecule has 1 unspecified atom stereocenters. The molecule has 0 spiro atoms. The number of nitrogens with one attached hydrogen (secondary N) is 1. The van der Waals surface area contributed by atoms with Gasteiger partial charge in [0, 0.05) is 17.6 Å². The number of aliphatic hydroxyl groups is 1. The van der Waals surface area contributed by atoms with Gasteiger partial charge in [0.2, 0.25) is 0 Å². The Morgan fingerprint density at radius 2 is 1.59 bits per heavy atom. The lowest BCUT2D eigenvalue weighted by Crippen LogP contribution is -2.50. The quantitative estimate of drug-likeness (QED) is 0.591. The summed E-state index contributed by atoms with van der Waals surface area (Å²) in [6, 6.07) is 16.4. The monoisotopic (exact) mass is 375 g/mol. The summed E-state index contributed by atoms with van der Waals surface area (Å²) in [6.45, 7) is 5.40. The molecule has 1 aromatic heterocycles. The van der Waals surface area contributed by atoms with Crippen molar-refractivity contribution >= 4 is 10.9 Å². The standard InChI is InChI=1S/C22H24F3NO/c1-15-8-10-17(11-9-15)20(2,3)14-21(27,22(23,24)25)13-18-12-16-6-4-5-7-19(16)26-18/h4-12,26-27H,13-14H2,1-3H3. The highest BCUT2D eigenvalue weighted by molar-refractivity contribution is 5.80. The molecule has 144 valence electrons. The molecular weight excluding hydrogens is 351 g/mol. The highest BCUT2D eigenvalue weighted by atomic mass is 19.4. The Balaban J connectivity index is 1.93. The van der Waals surface area contributed by atoms with E-state index in [1.807, 2.05) is 55.5 Å². The first-order valence-electron chi connectivity index (χ1n) is 8.93. The summed E-state index contributed by atoms with van der Waals surface area (Å²) < 4.78 is 41.7. The molecule has 27 heavy (non-hydrogen) atoms. The van der Waals surface area contributed by atoms with Crippen LogP contribution < -0.4 is 0 Å². The van der Waals surface area contributed by atoms with Gasteiger partial charge >= 0.3 is 6.18 Å². The van der Waals surface area contributed by atoms with Crippen molar-refractivity contribution in [3.05, 3.63) is 71.4 Å². The molecule has 1 heterocycles. The normalized spacial score (nSPS) is 15.1. The largest absolute Gasteiger partial charge is 0.417 e. The van der Waals surface area contributed by atoms with Crippen molar-refractivity contribution in [1.29, 1.82) is 0 Å². The molecule has 0 aliphatic carbocycles. The van der Waals surface area contributed by atoms with E-state index in [9.17, 15) is 18.3 Å². The van der Waals surface area contributed by atoms with Gasteiger partial charge in [0.15, 0.2) is 5.60 Å². The summed E-state index contributed by atoms with van der Waals surface area (Å²) in [5.41, 5.74) is -0.733. The lowest BCUT2D eigenvalue weighted by atomic mass is 9.73. The van der Waals surface area contributed by atoms with Crippen molar-refractivity contribution in [2.45, 2.75) is 50.8 Å². The first-order chi connectivity index (χ1) is 12.5. The molecule has 0 saturated carbocycles. The zero-order valence-electron chi connectivity index (χ0n) is 15.7. The molecule has 2 nitrogen and oxygen atoms in total. The number of aromatic amines is 1. The predicted molar refractivity (Wildman–Crippen MR) is 102 cm³/mol. The highest BCUT2D eigenvalue weighted by Crippen LogP contribution is 2.43. The Morgan fingerprint density at radius 1 is 0.963 bits per heavy atom. The number of aryl methyl sites for hydroxylation is 1. The van der Waals surface area contributed by atoms with E-state index in [1.54, 1.807) is 19.9 Å². The number of benzene rings is 2. The van der Waals surface area contributed by atoms with Crippen LogP contribution in [0.2, 0.25) is 0 Å². The molecule has 3 rings (SSSR count). The molecule has 5 heteroatoms. The van der Waals surface area contributed by atoms with E-state index in [0.29, 0.717) is 5.69 Å². The SMILES string of the molecule is Cc1ccc(C(C)(C)CC(O)(Cc2cc3ccccc3[nH]2)C(F)(F)F)cc1. The summed E-state index contributed by atoms with van der Waals surface area (Å²) in [5.74, 6) is 0. The molecule has 1 atom stereocenters. The van der Waals surface area contributed by atoms with Crippen LogP contribution >= 0.6 is 0 Å². The minimum Gasteiger partial charge on any atom is -0.380 e. The van der Waals surface area contributed by atoms with Gasteiger partial charge in [-0.25, -0.2) is 0 Å². The molecule has 2 N–H and O–H groups in total. The molecule has 0 aliphatic heterocycles. The number of hydrogen-bond acceptors (Lipinski definition) is 1. The predicted octanol–water partition coefficient (Wildman–Crippen LogP) is 5.68. The first kappa shape index (κ1) is 19.5. The number of alkyl halides is 3. The van der Waals surface area contributed by atoms with Gasteiger partial charge in [-0.2, -0.15) is 13.2 Å². The molecular formula is C22H24F3NO. The van der Waals surface area contributed by atoms with Crippen molar-refractivity contribution in [2.24, 2.45) is 0 Å². The van der Waals surface area contributed by atoms with E-state index < -0.39 is 30.0 Å². The van der Waals surface area contributed by atoms with Crippen LogP contribution in [0.1, 0.15) is 37.1 Å². The Hall–Kier alpha value is -2.27. The molecule has 2 aromatic carbocycles. The lowest BCUT2D eigenvalue weighted by molar-refractivity contribution is -0.266. The van der Waals surface area contributed by atoms with Crippen LogP contribution in [0.4, 0.5) is 13.2 Å². The average molecular weight is 375 g/mol. The van der Waals surface area contributed by atoms with Gasteiger partial charge in [-0.3, -0.25) is 0 Å². The average Bonchev–Trinajstić information content (AvgIpc) is 2.95. The summed E-state index contributed by atoms with van der Waals surface area (Å²) in [5, 5.41) is 11.6. The third-order valence-electron chi connectivity index (χ3n) is 5.16. The van der Waals surface area contributed by atoms with Crippen LogP contribution in [0.5, 0.6) is 0 Å². The van der Waals surface area contributed by atoms with Crippen LogP contribution in [0.3, 0.4) is 0 Å². The maximum Gasteiger partial charge on any atom is 0.417 e. The fourth-order valence-electron chi connectivity index (χ4n) is 3.64. The van der Waals surface area contributed by atoms with Gasteiger partial charge in [0.25, 0.3) is 0 Å². The van der Waals surface area contributed by atoms with Gasteiger partial charge in [-0.15, -0.1) is 0 Å². The molecule has 0 amide bonds. The number of rotatable bonds is 5. The van der Waals surface area contributed by atoms with Gasteiger partial charge in [0.1, 0.15) is 0 Å². The summed E-state index contributed by atoms with van der Waals surface area (Å²) in [4.78, 5) is 3.00. The van der Waals surface area contributed by atoms with Crippen LogP contribution in [0.25, 0.3) is 10.9 Å². The Morgan fingerprint density at radius 3 is 2.19 bits per heavy atom. The van der Waals surface area contributed by atoms with E-state index in [4.69, 9.17) is 0 Å². The van der Waals surface area contributed by atoms with Crippen LogP contribution in [0, 0.1) is 6.92 Å². The molecule has 3 aromatic rings. The van der Waals surface area contributed by atoms with E-state index >= 15 is 0 Å². The first-order valence-corrected chi connectivity index (χ1v) is 8.93. The fourth-order valence-corrected chi connectivity index (χ4v) is 3.64. The second-order valence-electron chi connectivity index (χ2n) is 8.01. The van der Waals surface area contributed by atoms with Crippen molar-refractivity contribution in [1.82, 2.24) is 4.98 Å². The van der Waals surface area contributed by atoms with E-state index in [1.165, 1.54) is 0 Å². The topological polar surface area (TPSA) is 36.0 Å². The minimum atomic E-state index is -4.74. The Bertz CT molecular complexity index is 892. The number of fused-ring (bicyclic) bond motifs is 1. The Kier molecular flexibility index (Phi) is 4.85. The van der Waals surface area contributed by atoms with E-state index in [-0.39, 0.29) is 0 Å². The number of H-pyrrole nitrogens is 1. The maximum atomic E-state index is 13.9. The van der Waals surface area contributed by atoms with E-state index in [2.05, 4.69) is 4.98 Å². The van der Waals surface area contributed by atoms with Crippen molar-refractivity contribution in [3.8, 4) is 0 Å². The van der Waals surface area contributed by atoms with Crippen LogP contribution in [-0.4, -0.2) is 21.9 Å². The number of aromatic nitrogens is 1. The van der Waals surface area contributed by atoms with Gasteiger partial charge in [-0.1, -0.05) is 61.9 Å². The fraction of sp³-hybridized carbons (Fsp3) is 0.364. The highest BCUT2D eigenvalue weighted by Gasteiger charge is 2.55. The third kappa shape index (κ3) is 4.03. The second-order valence-corrected chi connectivity index (χ2v) is 8.01.